The molecular weight excluding hydrogens is 444 g/mol. The number of carbonyl (C=O) groups excluding carboxylic acids is 1. The quantitative estimate of drug-likeness (QED) is 0.480. The highest BCUT2D eigenvalue weighted by atomic mass is 32.1. The fourth-order valence-corrected chi connectivity index (χ4v) is 5.43. The van der Waals surface area contributed by atoms with Crippen LogP contribution in [0.15, 0.2) is 26.6 Å². The molecule has 0 atom stereocenters. The molecule has 4 aromatic rings. The summed E-state index contributed by atoms with van der Waals surface area (Å²) in [4.78, 5) is 60.7. The lowest BCUT2D eigenvalue weighted by atomic mass is 10.2. The molecule has 5 heterocycles. The number of thiophene rings is 1. The monoisotopic (exact) mass is 466 g/mol. The molecule has 0 unspecified atom stereocenters. The van der Waals surface area contributed by atoms with Crippen molar-refractivity contribution in [2.24, 2.45) is 14.1 Å². The van der Waals surface area contributed by atoms with Gasteiger partial charge in [-0.15, -0.1) is 11.3 Å². The summed E-state index contributed by atoms with van der Waals surface area (Å²) in [6.07, 6.45) is 5.16. The van der Waals surface area contributed by atoms with Crippen molar-refractivity contribution < 1.29 is 4.79 Å². The van der Waals surface area contributed by atoms with Crippen LogP contribution in [0.5, 0.6) is 0 Å². The van der Waals surface area contributed by atoms with E-state index in [0.717, 1.165) is 36.1 Å². The van der Waals surface area contributed by atoms with E-state index in [-0.39, 0.29) is 16.6 Å². The molecule has 10 nitrogen and oxygen atoms in total. The van der Waals surface area contributed by atoms with Crippen molar-refractivity contribution >= 4 is 44.2 Å². The van der Waals surface area contributed by atoms with Crippen LogP contribution in [0.3, 0.4) is 0 Å². The Morgan fingerprint density at radius 2 is 1.88 bits per heavy atom. The number of fused-ring (bicyclic) bond motifs is 3. The van der Waals surface area contributed by atoms with E-state index in [1.165, 1.54) is 42.3 Å². The lowest BCUT2D eigenvalue weighted by Crippen LogP contribution is -2.37. The SMILES string of the molecule is Cc1c(C(=O)Nc2cnc3c(c2)c(=O)n(C)c(=O)n3C)sc2nc3n(c(=O)c12)CCCCC3. The van der Waals surface area contributed by atoms with E-state index in [9.17, 15) is 19.2 Å². The first-order valence-electron chi connectivity index (χ1n) is 10.7. The Balaban J connectivity index is 1.56. The number of anilines is 1. The first kappa shape index (κ1) is 21.3. The zero-order chi connectivity index (χ0) is 23.4. The molecule has 170 valence electrons. The highest BCUT2D eigenvalue weighted by Crippen LogP contribution is 2.29. The topological polar surface area (TPSA) is 121 Å². The molecule has 1 amide bonds. The number of nitrogens with one attached hydrogen (secondary N) is 1. The molecule has 0 spiro atoms. The summed E-state index contributed by atoms with van der Waals surface area (Å²) >= 11 is 1.19. The van der Waals surface area contributed by atoms with E-state index in [4.69, 9.17) is 4.98 Å². The minimum absolute atomic E-state index is 0.0958. The molecule has 0 saturated carbocycles. The molecule has 1 N–H and O–H groups in total. The predicted octanol–water partition coefficient (Wildman–Crippen LogP) is 1.69. The highest BCUT2D eigenvalue weighted by molar-refractivity contribution is 7.20. The number of pyridine rings is 1. The highest BCUT2D eigenvalue weighted by Gasteiger charge is 2.22. The number of amides is 1. The average Bonchev–Trinajstić information content (AvgIpc) is 2.96. The van der Waals surface area contributed by atoms with Crippen molar-refractivity contribution in [3.05, 3.63) is 59.7 Å². The van der Waals surface area contributed by atoms with Gasteiger partial charge in [-0.25, -0.2) is 14.8 Å². The number of hydrogen-bond acceptors (Lipinski definition) is 7. The molecule has 0 bridgehead atoms. The minimum Gasteiger partial charge on any atom is -0.320 e. The van der Waals surface area contributed by atoms with Gasteiger partial charge in [-0.1, -0.05) is 6.42 Å². The van der Waals surface area contributed by atoms with Crippen LogP contribution in [-0.4, -0.2) is 29.6 Å². The van der Waals surface area contributed by atoms with Crippen LogP contribution in [-0.2, 0) is 27.1 Å². The normalized spacial score (nSPS) is 13.8. The standard InChI is InChI=1S/C22H22N6O4S/c1-11-15-19(25-14-7-5-4-6-8-28(14)21(15)31)33-16(11)18(29)24-12-9-13-17(23-10-12)26(2)22(32)27(3)20(13)30/h9-10H,4-8H2,1-3H3,(H,24,29). The van der Waals surface area contributed by atoms with Crippen LogP contribution in [0.2, 0.25) is 0 Å². The Morgan fingerprint density at radius 3 is 2.67 bits per heavy atom. The number of aromatic nitrogens is 5. The summed E-state index contributed by atoms with van der Waals surface area (Å²) in [7, 11) is 2.92. The van der Waals surface area contributed by atoms with Crippen LogP contribution in [0, 0.1) is 6.92 Å². The maximum absolute atomic E-state index is 13.1. The van der Waals surface area contributed by atoms with Crippen molar-refractivity contribution in [1.82, 2.24) is 23.7 Å². The fraction of sp³-hybridized carbons (Fsp3) is 0.364. The number of hydrogen-bond donors (Lipinski definition) is 1. The van der Waals surface area contributed by atoms with Crippen LogP contribution >= 0.6 is 11.3 Å². The third kappa shape index (κ3) is 3.30. The van der Waals surface area contributed by atoms with Crippen LogP contribution in [0.25, 0.3) is 21.3 Å². The fourth-order valence-electron chi connectivity index (χ4n) is 4.35. The summed E-state index contributed by atoms with van der Waals surface area (Å²) in [5.41, 5.74) is 0.0832. The molecule has 0 fully saturated rings. The average molecular weight is 467 g/mol. The van der Waals surface area contributed by atoms with Crippen molar-refractivity contribution in [3.63, 3.8) is 0 Å². The van der Waals surface area contributed by atoms with Gasteiger partial charge in [-0.05, 0) is 31.4 Å². The molecule has 11 heteroatoms. The molecule has 0 radical (unpaired) electrons. The van der Waals surface area contributed by atoms with Gasteiger partial charge in [0.1, 0.15) is 16.3 Å². The lowest BCUT2D eigenvalue weighted by molar-refractivity contribution is 0.103. The zero-order valence-electron chi connectivity index (χ0n) is 18.5. The predicted molar refractivity (Wildman–Crippen MR) is 126 cm³/mol. The summed E-state index contributed by atoms with van der Waals surface area (Å²) in [6, 6.07) is 1.50. The molecular formula is C22H22N6O4S. The molecule has 33 heavy (non-hydrogen) atoms. The van der Waals surface area contributed by atoms with E-state index >= 15 is 0 Å². The Morgan fingerprint density at radius 1 is 1.09 bits per heavy atom. The second-order valence-electron chi connectivity index (χ2n) is 8.29. The van der Waals surface area contributed by atoms with Gasteiger partial charge >= 0.3 is 5.69 Å². The van der Waals surface area contributed by atoms with Gasteiger partial charge in [0, 0.05) is 27.1 Å². The first-order valence-corrected chi connectivity index (χ1v) is 11.5. The Hall–Kier alpha value is -3.60. The van der Waals surface area contributed by atoms with Crippen molar-refractivity contribution in [1.29, 1.82) is 0 Å². The number of carbonyl (C=O) groups is 1. The number of nitrogens with zero attached hydrogens (tertiary/aromatic N) is 5. The van der Waals surface area contributed by atoms with Gasteiger partial charge < -0.3 is 5.32 Å². The Kier molecular flexibility index (Phi) is 5.00. The number of aryl methyl sites for hydroxylation is 3. The van der Waals surface area contributed by atoms with Gasteiger partial charge in [0.15, 0.2) is 0 Å². The number of rotatable bonds is 2. The molecule has 4 aromatic heterocycles. The summed E-state index contributed by atoms with van der Waals surface area (Å²) in [6.45, 7) is 2.40. The van der Waals surface area contributed by atoms with Gasteiger partial charge in [-0.3, -0.25) is 28.1 Å². The maximum Gasteiger partial charge on any atom is 0.332 e. The Bertz CT molecular complexity index is 1640. The molecule has 1 aliphatic rings. The molecule has 0 aromatic carbocycles. The van der Waals surface area contributed by atoms with Crippen LogP contribution in [0.1, 0.15) is 40.3 Å². The van der Waals surface area contributed by atoms with Crippen LogP contribution in [0.4, 0.5) is 5.69 Å². The third-order valence-corrected chi connectivity index (χ3v) is 7.35. The second-order valence-corrected chi connectivity index (χ2v) is 9.29. The van der Waals surface area contributed by atoms with E-state index < -0.39 is 17.2 Å². The largest absolute Gasteiger partial charge is 0.332 e. The van der Waals surface area contributed by atoms with E-state index in [1.54, 1.807) is 11.5 Å². The van der Waals surface area contributed by atoms with E-state index in [2.05, 4.69) is 10.3 Å². The summed E-state index contributed by atoms with van der Waals surface area (Å²) < 4.78 is 4.01. The second kappa shape index (κ2) is 7.77. The van der Waals surface area contributed by atoms with Crippen molar-refractivity contribution in [2.75, 3.05) is 5.32 Å². The van der Waals surface area contributed by atoms with Gasteiger partial charge in [0.05, 0.1) is 27.5 Å². The molecule has 0 aliphatic carbocycles. The maximum atomic E-state index is 13.1. The van der Waals surface area contributed by atoms with Gasteiger partial charge in [0.25, 0.3) is 17.0 Å². The summed E-state index contributed by atoms with van der Waals surface area (Å²) in [5, 5.41) is 3.47. The zero-order valence-corrected chi connectivity index (χ0v) is 19.3. The van der Waals surface area contributed by atoms with E-state index in [0.29, 0.717) is 32.9 Å². The molecule has 0 saturated heterocycles. The molecule has 1 aliphatic heterocycles. The molecule has 5 rings (SSSR count). The minimum atomic E-state index is -0.492. The van der Waals surface area contributed by atoms with Gasteiger partial charge in [-0.2, -0.15) is 0 Å². The Labute approximate surface area is 191 Å². The smallest absolute Gasteiger partial charge is 0.320 e. The van der Waals surface area contributed by atoms with Crippen molar-refractivity contribution in [3.8, 4) is 0 Å². The van der Waals surface area contributed by atoms with Gasteiger partial charge in [0.2, 0.25) is 0 Å². The lowest BCUT2D eigenvalue weighted by Gasteiger charge is -2.09. The van der Waals surface area contributed by atoms with E-state index in [1.807, 2.05) is 0 Å². The first-order chi connectivity index (χ1) is 15.8. The summed E-state index contributed by atoms with van der Waals surface area (Å²) in [5.74, 6) is 0.372. The third-order valence-electron chi connectivity index (χ3n) is 6.17. The van der Waals surface area contributed by atoms with Crippen LogP contribution < -0.4 is 22.1 Å². The van der Waals surface area contributed by atoms with Crippen molar-refractivity contribution in [2.45, 2.75) is 39.2 Å².